The zero-order valence-electron chi connectivity index (χ0n) is 49.7. The maximum Gasteiger partial charge on any atom is 0.310 e. The molecule has 2 bridgehead atoms. The minimum absolute atomic E-state index is 0.0237. The molecule has 0 radical (unpaired) electrons. The van der Waals surface area contributed by atoms with Crippen molar-refractivity contribution in [1.82, 2.24) is 10.8 Å². The van der Waals surface area contributed by atoms with Crippen molar-refractivity contribution in [2.45, 2.75) is 188 Å². The highest BCUT2D eigenvalue weighted by atomic mass is 127. The number of methoxy groups -OCH3 is 5. The number of likely N-dealkylation sites (N-methyl/N-ethyl adjacent to an activating group) is 1. The number of rotatable bonds is 24. The highest BCUT2D eigenvalue weighted by Crippen LogP contribution is 2.49. The van der Waals surface area contributed by atoms with Crippen LogP contribution in [0.3, 0.4) is 0 Å². The fourth-order valence-corrected chi connectivity index (χ4v) is 14.5. The van der Waals surface area contributed by atoms with E-state index in [1.807, 2.05) is 36.4 Å². The van der Waals surface area contributed by atoms with Gasteiger partial charge in [0.15, 0.2) is 41.8 Å². The molecule has 0 saturated carbocycles. The van der Waals surface area contributed by atoms with Crippen LogP contribution in [0.5, 0.6) is 17.2 Å². The maximum atomic E-state index is 14.5. The molecule has 4 heterocycles. The highest BCUT2D eigenvalue weighted by molar-refractivity contribution is 14.1. The van der Waals surface area contributed by atoms with Crippen molar-refractivity contribution in [2.24, 2.45) is 0 Å². The lowest BCUT2D eigenvalue weighted by molar-refractivity contribution is -0.336. The second-order valence-corrected chi connectivity index (χ2v) is 26.2. The minimum Gasteiger partial charge on any atom is -0.492 e. The Morgan fingerprint density at radius 3 is 2.28 bits per heavy atom. The Morgan fingerprint density at radius 1 is 0.895 bits per heavy atom. The van der Waals surface area contributed by atoms with E-state index in [0.717, 1.165) is 11.8 Å². The van der Waals surface area contributed by atoms with Gasteiger partial charge in [-0.1, -0.05) is 77.0 Å². The number of ether oxygens (including phenoxy) is 12. The number of aliphatic hydroxyl groups is 6. The van der Waals surface area contributed by atoms with Gasteiger partial charge in [-0.05, 0) is 74.5 Å². The number of fused-ring (bicyclic) bond motifs is 2. The van der Waals surface area contributed by atoms with Crippen molar-refractivity contribution in [3.63, 3.8) is 0 Å². The number of benzene rings is 1. The highest BCUT2D eigenvalue weighted by Gasteiger charge is 2.52. The molecule has 7 rings (SSSR count). The number of esters is 1. The molecule has 1 aromatic rings. The lowest BCUT2D eigenvalue weighted by atomic mass is 9.72. The molecule has 8 N–H and O–H groups in total. The second-order valence-electron chi connectivity index (χ2n) is 21.2. The monoisotopic (exact) mass is 1380 g/mol. The molecule has 4 aliphatic heterocycles. The lowest BCUT2D eigenvalue weighted by Gasteiger charge is -2.46. The molecule has 4 saturated heterocycles. The molecule has 478 valence electrons. The van der Waals surface area contributed by atoms with Crippen LogP contribution in [0.25, 0.3) is 0 Å². The topological polar surface area (TPSA) is 317 Å². The third-order valence-electron chi connectivity index (χ3n) is 15.4. The van der Waals surface area contributed by atoms with Crippen molar-refractivity contribution < 1.29 is 107 Å². The zero-order chi connectivity index (χ0) is 62.7. The van der Waals surface area contributed by atoms with E-state index in [1.165, 1.54) is 62.2 Å². The van der Waals surface area contributed by atoms with Gasteiger partial charge in [0.2, 0.25) is 17.2 Å². The number of Topliss-reactive ketones (excluding diaryl/α,β-unsaturated/α-hetero) is 1. The van der Waals surface area contributed by atoms with E-state index in [9.17, 15) is 45.0 Å². The van der Waals surface area contributed by atoms with Crippen LogP contribution in [-0.2, 0) is 57.1 Å². The second kappa shape index (κ2) is 32.2. The summed E-state index contributed by atoms with van der Waals surface area (Å²) < 4.78 is 72.8. The average molecular weight is 1380 g/mol. The third-order valence-corrected chi connectivity index (χ3v) is 20.8. The van der Waals surface area contributed by atoms with Gasteiger partial charge in [0.25, 0.3) is 0 Å². The summed E-state index contributed by atoms with van der Waals surface area (Å²) in [5.41, 5.74) is 1.58. The normalized spacial score (nSPS) is 35.8. The molecule has 0 amide bonds. The Morgan fingerprint density at radius 2 is 1.62 bits per heavy atom. The first-order valence-corrected chi connectivity index (χ1v) is 32.4. The van der Waals surface area contributed by atoms with Gasteiger partial charge in [0.05, 0.1) is 104 Å². The van der Waals surface area contributed by atoms with Crippen molar-refractivity contribution in [1.29, 1.82) is 0 Å². The van der Waals surface area contributed by atoms with Crippen molar-refractivity contribution in [3.8, 4) is 40.9 Å². The predicted molar refractivity (Wildman–Crippen MR) is 324 cm³/mol. The Labute approximate surface area is 526 Å². The fourth-order valence-electron chi connectivity index (χ4n) is 10.8. The number of carbonyl (C=O) groups is 3. The molecule has 1 aromatic carbocycles. The number of hydroxylamine groups is 1. The van der Waals surface area contributed by atoms with E-state index in [1.54, 1.807) is 40.9 Å². The van der Waals surface area contributed by atoms with Gasteiger partial charge in [-0.25, -0.2) is 0 Å². The first-order chi connectivity index (χ1) is 41.1. The van der Waals surface area contributed by atoms with E-state index in [-0.39, 0.29) is 88.7 Å². The summed E-state index contributed by atoms with van der Waals surface area (Å²) in [6.07, 6.45) is -13.4. The maximum absolute atomic E-state index is 14.5. The van der Waals surface area contributed by atoms with E-state index in [0.29, 0.717) is 15.7 Å². The van der Waals surface area contributed by atoms with E-state index < -0.39 is 133 Å². The van der Waals surface area contributed by atoms with Gasteiger partial charge < -0.3 is 92.8 Å². The quantitative estimate of drug-likeness (QED) is 0.0184. The van der Waals surface area contributed by atoms with Gasteiger partial charge in [0.1, 0.15) is 36.6 Å². The molecular formula is C58H79IN2O22S3. The predicted octanol–water partition coefficient (Wildman–Crippen LogP) is 2.55. The number of thioether (sulfide) groups is 1. The Kier molecular flexibility index (Phi) is 26.4. The summed E-state index contributed by atoms with van der Waals surface area (Å²) in [5, 5.41) is 69.9. The fraction of sp³-hybridized carbons (Fsp3) is 0.672. The molecule has 0 aromatic heterocycles. The molecule has 2 aliphatic carbocycles. The smallest absolute Gasteiger partial charge is 0.310 e. The van der Waals surface area contributed by atoms with E-state index >= 15 is 0 Å². The molecule has 20 atom stereocenters. The molecule has 0 spiro atoms. The molecule has 6 aliphatic rings. The first-order valence-electron chi connectivity index (χ1n) is 28.1. The number of nitrogens with one attached hydrogen (secondary N) is 2. The van der Waals surface area contributed by atoms with Gasteiger partial charge in [-0.2, -0.15) is 5.48 Å². The third kappa shape index (κ3) is 16.3. The van der Waals surface area contributed by atoms with Gasteiger partial charge >= 0.3 is 5.97 Å². The SMILES string of the molecule is CCN[C@H]1CO[C@@H](O[C@H]2[C@H](O[C@H]3C#C/C=C\C#C[C@]4(O)CC(=O)C(CC(=O)OC)=C3/C4=C\CSS[C@H](C)CO)O[C@H](C)[C@@H](NO[C@H]3C[C@H](O)[C@H](SC(=O)c4c(C)c(I)c(O[C@@H]5O[C@@H](C)[C@H](O)[C@@H](OC)[C@H]5O)c(OC)c4OC)[C@@H](C)O3)[C@H]2O)C[C@@H]1OC. The Bertz CT molecular complexity index is 2760. The van der Waals surface area contributed by atoms with Gasteiger partial charge in [-0.15, -0.1) is 0 Å². The number of hydrogen-bond donors (Lipinski definition) is 8. The summed E-state index contributed by atoms with van der Waals surface area (Å²) in [6.45, 7) is 11.2. The number of aliphatic hydroxyl groups excluding tert-OH is 5. The van der Waals surface area contributed by atoms with E-state index in [4.69, 9.17) is 61.7 Å². The number of halogens is 1. The van der Waals surface area contributed by atoms with Crippen LogP contribution in [0, 0.1) is 34.2 Å². The molecular weight excluding hydrogens is 1300 g/mol. The van der Waals surface area contributed by atoms with Crippen LogP contribution in [-0.4, -0.2) is 229 Å². The van der Waals surface area contributed by atoms with Crippen molar-refractivity contribution in [2.75, 3.05) is 61.1 Å². The van der Waals surface area contributed by atoms with Gasteiger partial charge in [-0.3, -0.25) is 19.2 Å². The molecule has 86 heavy (non-hydrogen) atoms. The standard InChI is InChI=1S/C58H79IN2O22S3/c1-12-60-34-26-76-40(23-38(34)71-7)81-52-47(67)45(29(4)78-57(52)80-37-17-15-13-14-16-19-58(70)24-36(64)32(21-39(65)72-8)43(37)33(58)18-20-84-86-27(2)25-62)61-83-41-22-35(63)54(31(6)77-41)85-55(69)42-28(3)44(59)50(53(75-11)49(42)73-9)82-56-48(68)51(74-10)46(66)30(5)79-56/h13-14,18,27,29-31,34-35,37-38,40-41,45-48,51-52,54,56-57,60-63,66-68,70H,12,20-26H2,1-11H3/b14-13-,33-18+/t27-,29-,30+,31-,34+,35+,37+,38+,40+,41+,45-,46+,47-,48-,51-,52-,54-,56+,57+,58+/m1/s1. The van der Waals surface area contributed by atoms with Crippen LogP contribution < -0.4 is 25.0 Å². The van der Waals surface area contributed by atoms with E-state index in [2.05, 4.69) is 34.5 Å². The summed E-state index contributed by atoms with van der Waals surface area (Å²) in [6, 6.07) is -1.28. The van der Waals surface area contributed by atoms with Gasteiger partial charge in [0, 0.05) is 54.8 Å². The summed E-state index contributed by atoms with van der Waals surface area (Å²) in [4.78, 5) is 47.9. The molecule has 4 fully saturated rings. The van der Waals surface area contributed by atoms with Crippen LogP contribution in [0.2, 0.25) is 0 Å². The van der Waals surface area contributed by atoms with Crippen LogP contribution in [0.15, 0.2) is 34.9 Å². The summed E-state index contributed by atoms with van der Waals surface area (Å²) >= 11 is 2.82. The summed E-state index contributed by atoms with van der Waals surface area (Å²) in [5.74, 6) is 10.6. The van der Waals surface area contributed by atoms with Crippen LogP contribution in [0.4, 0.5) is 0 Å². The number of allylic oxidation sites excluding steroid dienone is 2. The average Bonchev–Trinajstić information content (AvgIpc) is 1.02. The Balaban J connectivity index is 1.12. The molecule has 28 heteroatoms. The minimum atomic E-state index is -2.07. The number of ketones is 1. The molecule has 0 unspecified atom stereocenters. The first kappa shape index (κ1) is 70.3. The number of carbonyl (C=O) groups excluding carboxylic acids is 3. The Hall–Kier alpha value is -3.13. The zero-order valence-corrected chi connectivity index (χ0v) is 54.3. The van der Waals surface area contributed by atoms with Crippen LogP contribution in [0.1, 0.15) is 76.2 Å². The summed E-state index contributed by atoms with van der Waals surface area (Å²) in [7, 11) is 9.63. The number of hydrogen-bond acceptors (Lipinski definition) is 27. The van der Waals surface area contributed by atoms with Crippen LogP contribution >= 0.6 is 55.9 Å². The molecule has 24 nitrogen and oxygen atoms in total. The largest absolute Gasteiger partial charge is 0.492 e. The lowest BCUT2D eigenvalue weighted by Crippen LogP contribution is -2.65. The van der Waals surface area contributed by atoms with Crippen molar-refractivity contribution in [3.05, 3.63) is 49.6 Å². The van der Waals surface area contributed by atoms with Crippen molar-refractivity contribution >= 4 is 72.8 Å².